The van der Waals surface area contributed by atoms with Crippen molar-refractivity contribution in [3.05, 3.63) is 53.1 Å². The van der Waals surface area contributed by atoms with Gasteiger partial charge in [0.05, 0.1) is 29.6 Å². The molecule has 27 heavy (non-hydrogen) atoms. The first kappa shape index (κ1) is 17.4. The molecule has 0 unspecified atom stereocenters. The Labute approximate surface area is 160 Å². The highest BCUT2D eigenvalue weighted by Gasteiger charge is 2.19. The number of H-pyrrole nitrogens is 1. The number of morpholine rings is 1. The molecular weight excluding hydrogens is 368 g/mol. The quantitative estimate of drug-likeness (QED) is 0.717. The average molecular weight is 385 g/mol. The van der Waals surface area contributed by atoms with Gasteiger partial charge in [0.1, 0.15) is 0 Å². The molecular formula is C18H17ClN6O2. The van der Waals surface area contributed by atoms with Gasteiger partial charge in [-0.15, -0.1) is 10.2 Å². The Morgan fingerprint density at radius 3 is 2.63 bits per heavy atom. The first-order valence-corrected chi connectivity index (χ1v) is 8.86. The van der Waals surface area contributed by atoms with E-state index < -0.39 is 0 Å². The van der Waals surface area contributed by atoms with Crippen molar-refractivity contribution in [2.24, 2.45) is 0 Å². The first-order chi connectivity index (χ1) is 13.2. The number of halogens is 1. The predicted molar refractivity (Wildman–Crippen MR) is 102 cm³/mol. The van der Waals surface area contributed by atoms with E-state index in [2.05, 4.69) is 30.8 Å². The van der Waals surface area contributed by atoms with E-state index in [1.165, 1.54) is 0 Å². The molecule has 2 aromatic carbocycles. The van der Waals surface area contributed by atoms with E-state index in [-0.39, 0.29) is 5.91 Å². The second-order valence-corrected chi connectivity index (χ2v) is 6.41. The molecule has 4 rings (SSSR count). The number of anilines is 2. The second kappa shape index (κ2) is 7.73. The molecule has 0 bridgehead atoms. The molecule has 9 heteroatoms. The van der Waals surface area contributed by atoms with E-state index in [4.69, 9.17) is 16.3 Å². The Balaban J connectivity index is 1.55. The topological polar surface area (TPSA) is 96.0 Å². The molecule has 8 nitrogen and oxygen atoms in total. The smallest absolute Gasteiger partial charge is 0.255 e. The number of hydrogen-bond donors (Lipinski definition) is 2. The SMILES string of the molecule is O=C(Nc1cccc(Cl)c1N1CCOCC1)c1ccc(-c2nn[nH]n2)cc1. The molecule has 0 saturated carbocycles. The van der Waals surface area contributed by atoms with Crippen molar-refractivity contribution in [2.75, 3.05) is 36.5 Å². The van der Waals surface area contributed by atoms with Crippen LogP contribution in [-0.4, -0.2) is 52.8 Å². The van der Waals surface area contributed by atoms with E-state index in [0.29, 0.717) is 35.3 Å². The summed E-state index contributed by atoms with van der Waals surface area (Å²) in [4.78, 5) is 14.8. The maximum atomic E-state index is 12.7. The van der Waals surface area contributed by atoms with Crippen molar-refractivity contribution in [2.45, 2.75) is 0 Å². The third kappa shape index (κ3) is 3.76. The van der Waals surface area contributed by atoms with Gasteiger partial charge in [0.15, 0.2) is 0 Å². The van der Waals surface area contributed by atoms with E-state index in [1.54, 1.807) is 24.3 Å². The van der Waals surface area contributed by atoms with E-state index in [0.717, 1.165) is 24.3 Å². The number of ether oxygens (including phenoxy) is 1. The van der Waals surface area contributed by atoms with Crippen LogP contribution in [0.5, 0.6) is 0 Å². The molecule has 1 aliphatic rings. The molecule has 2 heterocycles. The van der Waals surface area contributed by atoms with Gasteiger partial charge >= 0.3 is 0 Å². The largest absolute Gasteiger partial charge is 0.378 e. The van der Waals surface area contributed by atoms with Crippen molar-refractivity contribution >= 4 is 28.9 Å². The number of amides is 1. The van der Waals surface area contributed by atoms with Crippen LogP contribution >= 0.6 is 11.6 Å². The Bertz CT molecular complexity index is 924. The van der Waals surface area contributed by atoms with Crippen molar-refractivity contribution in [3.63, 3.8) is 0 Å². The molecule has 1 saturated heterocycles. The molecule has 0 radical (unpaired) electrons. The summed E-state index contributed by atoms with van der Waals surface area (Å²) in [6, 6.07) is 12.5. The summed E-state index contributed by atoms with van der Waals surface area (Å²) in [5.74, 6) is 0.262. The average Bonchev–Trinajstić information content (AvgIpc) is 3.24. The van der Waals surface area contributed by atoms with E-state index in [9.17, 15) is 4.79 Å². The summed E-state index contributed by atoms with van der Waals surface area (Å²) in [5, 5.41) is 17.3. The lowest BCUT2D eigenvalue weighted by molar-refractivity contribution is 0.102. The zero-order valence-corrected chi connectivity index (χ0v) is 15.1. The molecule has 1 aromatic heterocycles. The molecule has 1 amide bonds. The minimum Gasteiger partial charge on any atom is -0.378 e. The van der Waals surface area contributed by atoms with Crippen LogP contribution in [0, 0.1) is 0 Å². The number of para-hydroxylation sites is 1. The zero-order valence-electron chi connectivity index (χ0n) is 14.4. The van der Waals surface area contributed by atoms with Crippen molar-refractivity contribution < 1.29 is 9.53 Å². The van der Waals surface area contributed by atoms with Gasteiger partial charge in [-0.2, -0.15) is 5.21 Å². The van der Waals surface area contributed by atoms with Crippen LogP contribution in [-0.2, 0) is 4.74 Å². The summed E-state index contributed by atoms with van der Waals surface area (Å²) >= 11 is 6.41. The molecule has 1 fully saturated rings. The number of carbonyl (C=O) groups is 1. The molecule has 3 aromatic rings. The summed E-state index contributed by atoms with van der Waals surface area (Å²) in [6.07, 6.45) is 0. The fraction of sp³-hybridized carbons (Fsp3) is 0.222. The standard InChI is InChI=1S/C18H17ClN6O2/c19-14-2-1-3-15(16(14)25-8-10-27-11-9-25)20-18(26)13-6-4-12(5-7-13)17-21-23-24-22-17/h1-7H,8-11H2,(H,20,26)(H,21,22,23,24). The fourth-order valence-electron chi connectivity index (χ4n) is 2.97. The van der Waals surface area contributed by atoms with Gasteiger partial charge in [-0.3, -0.25) is 4.79 Å². The number of hydrogen-bond acceptors (Lipinski definition) is 6. The maximum absolute atomic E-state index is 12.7. The van der Waals surface area contributed by atoms with Crippen LogP contribution in [0.3, 0.4) is 0 Å². The van der Waals surface area contributed by atoms with Crippen LogP contribution in [0.4, 0.5) is 11.4 Å². The Hall–Kier alpha value is -2.97. The molecule has 0 atom stereocenters. The Kier molecular flexibility index (Phi) is 4.99. The molecule has 0 aliphatic carbocycles. The third-order valence-electron chi connectivity index (χ3n) is 4.31. The van der Waals surface area contributed by atoms with Gasteiger partial charge in [0, 0.05) is 24.2 Å². The monoisotopic (exact) mass is 384 g/mol. The number of aromatic nitrogens is 4. The number of aromatic amines is 1. The first-order valence-electron chi connectivity index (χ1n) is 8.49. The van der Waals surface area contributed by atoms with Gasteiger partial charge in [0.25, 0.3) is 5.91 Å². The van der Waals surface area contributed by atoms with Crippen molar-refractivity contribution in [1.29, 1.82) is 0 Å². The summed E-state index contributed by atoms with van der Waals surface area (Å²) in [5.41, 5.74) is 2.79. The summed E-state index contributed by atoms with van der Waals surface area (Å²) in [7, 11) is 0. The number of benzene rings is 2. The third-order valence-corrected chi connectivity index (χ3v) is 4.62. The van der Waals surface area contributed by atoms with E-state index in [1.807, 2.05) is 18.2 Å². The maximum Gasteiger partial charge on any atom is 0.255 e. The van der Waals surface area contributed by atoms with Crippen LogP contribution in [0.1, 0.15) is 10.4 Å². The molecule has 138 valence electrons. The summed E-state index contributed by atoms with van der Waals surface area (Å²) in [6.45, 7) is 2.73. The number of nitrogens with zero attached hydrogens (tertiary/aromatic N) is 4. The van der Waals surface area contributed by atoms with Gasteiger partial charge < -0.3 is 15.0 Å². The number of nitrogens with one attached hydrogen (secondary N) is 2. The summed E-state index contributed by atoms with van der Waals surface area (Å²) < 4.78 is 5.40. The molecule has 0 spiro atoms. The lowest BCUT2D eigenvalue weighted by Gasteiger charge is -2.31. The number of tetrazole rings is 1. The number of carbonyl (C=O) groups excluding carboxylic acids is 1. The van der Waals surface area contributed by atoms with E-state index >= 15 is 0 Å². The van der Waals surface area contributed by atoms with Crippen LogP contribution in [0.25, 0.3) is 11.4 Å². The van der Waals surface area contributed by atoms with Crippen molar-refractivity contribution in [3.8, 4) is 11.4 Å². The normalized spacial score (nSPS) is 14.2. The zero-order chi connectivity index (χ0) is 18.6. The van der Waals surface area contributed by atoms with Crippen LogP contribution in [0.2, 0.25) is 5.02 Å². The van der Waals surface area contributed by atoms with Gasteiger partial charge in [0.2, 0.25) is 5.82 Å². The highest BCUT2D eigenvalue weighted by atomic mass is 35.5. The fourth-order valence-corrected chi connectivity index (χ4v) is 3.27. The lowest BCUT2D eigenvalue weighted by Crippen LogP contribution is -2.37. The van der Waals surface area contributed by atoms with Crippen LogP contribution < -0.4 is 10.2 Å². The second-order valence-electron chi connectivity index (χ2n) is 6.00. The predicted octanol–water partition coefficient (Wildman–Crippen LogP) is 2.61. The number of rotatable bonds is 4. The van der Waals surface area contributed by atoms with Gasteiger partial charge in [-0.25, -0.2) is 0 Å². The molecule has 2 N–H and O–H groups in total. The minimum atomic E-state index is -0.216. The highest BCUT2D eigenvalue weighted by molar-refractivity contribution is 6.34. The van der Waals surface area contributed by atoms with Gasteiger partial charge in [-0.05, 0) is 29.5 Å². The van der Waals surface area contributed by atoms with Crippen LogP contribution in [0.15, 0.2) is 42.5 Å². The highest BCUT2D eigenvalue weighted by Crippen LogP contribution is 2.34. The van der Waals surface area contributed by atoms with Gasteiger partial charge in [-0.1, -0.05) is 29.8 Å². The molecule has 1 aliphatic heterocycles. The minimum absolute atomic E-state index is 0.216. The Morgan fingerprint density at radius 2 is 1.93 bits per heavy atom. The lowest BCUT2D eigenvalue weighted by atomic mass is 10.1. The Morgan fingerprint density at radius 1 is 1.15 bits per heavy atom. The van der Waals surface area contributed by atoms with Crippen molar-refractivity contribution in [1.82, 2.24) is 20.6 Å².